The molecule has 0 radical (unpaired) electrons. The van der Waals surface area contributed by atoms with Gasteiger partial charge in [-0.3, -0.25) is 4.79 Å². The summed E-state index contributed by atoms with van der Waals surface area (Å²) < 4.78 is 5.62. The third-order valence-corrected chi connectivity index (χ3v) is 3.23. The molecule has 0 aromatic heterocycles. The second-order valence-corrected chi connectivity index (χ2v) is 4.97. The zero-order chi connectivity index (χ0) is 12.4. The lowest BCUT2D eigenvalue weighted by Gasteiger charge is -2.35. The second kappa shape index (κ2) is 5.10. The fourth-order valence-corrected chi connectivity index (χ4v) is 2.42. The summed E-state index contributed by atoms with van der Waals surface area (Å²) in [5, 5.41) is 0. The van der Waals surface area contributed by atoms with Gasteiger partial charge in [0.15, 0.2) is 0 Å². The fourth-order valence-electron chi connectivity index (χ4n) is 2.17. The van der Waals surface area contributed by atoms with Crippen molar-refractivity contribution in [1.82, 2.24) is 4.90 Å². The zero-order valence-corrected chi connectivity index (χ0v) is 11.0. The van der Waals surface area contributed by atoms with Crippen molar-refractivity contribution in [1.29, 1.82) is 0 Å². The SMILES string of the molecule is CC1CN(C(=O)c2ccccc2S)CC(C)O1. The number of hydrogen-bond donors (Lipinski definition) is 1. The Kier molecular flexibility index (Phi) is 3.74. The van der Waals surface area contributed by atoms with E-state index in [9.17, 15) is 4.79 Å². The molecule has 1 aromatic carbocycles. The molecule has 2 unspecified atom stereocenters. The maximum absolute atomic E-state index is 12.3. The second-order valence-electron chi connectivity index (χ2n) is 4.48. The Bertz CT molecular complexity index is 412. The number of amides is 1. The van der Waals surface area contributed by atoms with Crippen LogP contribution in [0.25, 0.3) is 0 Å². The van der Waals surface area contributed by atoms with Crippen molar-refractivity contribution >= 4 is 18.5 Å². The van der Waals surface area contributed by atoms with Crippen LogP contribution >= 0.6 is 12.6 Å². The first kappa shape index (κ1) is 12.5. The molecule has 0 spiro atoms. The number of thiol groups is 1. The van der Waals surface area contributed by atoms with E-state index in [-0.39, 0.29) is 18.1 Å². The molecule has 1 amide bonds. The van der Waals surface area contributed by atoms with Crippen LogP contribution in [0.2, 0.25) is 0 Å². The first-order valence-corrected chi connectivity index (χ1v) is 6.25. The van der Waals surface area contributed by atoms with E-state index < -0.39 is 0 Å². The normalized spacial score (nSPS) is 24.8. The van der Waals surface area contributed by atoms with E-state index in [4.69, 9.17) is 4.74 Å². The van der Waals surface area contributed by atoms with Gasteiger partial charge in [0, 0.05) is 18.0 Å². The summed E-state index contributed by atoms with van der Waals surface area (Å²) in [6.45, 7) is 5.27. The molecule has 92 valence electrons. The number of hydrogen-bond acceptors (Lipinski definition) is 3. The number of morpholine rings is 1. The van der Waals surface area contributed by atoms with Crippen molar-refractivity contribution in [2.45, 2.75) is 31.0 Å². The van der Waals surface area contributed by atoms with Crippen LogP contribution in [0.5, 0.6) is 0 Å². The summed E-state index contributed by atoms with van der Waals surface area (Å²) in [7, 11) is 0. The lowest BCUT2D eigenvalue weighted by Crippen LogP contribution is -2.48. The highest BCUT2D eigenvalue weighted by molar-refractivity contribution is 7.80. The number of rotatable bonds is 1. The van der Waals surface area contributed by atoms with Crippen LogP contribution in [0.4, 0.5) is 0 Å². The maximum atomic E-state index is 12.3. The molecule has 1 heterocycles. The lowest BCUT2D eigenvalue weighted by molar-refractivity contribution is -0.0586. The van der Waals surface area contributed by atoms with Gasteiger partial charge in [-0.15, -0.1) is 12.6 Å². The molecular weight excluding hydrogens is 234 g/mol. The van der Waals surface area contributed by atoms with Gasteiger partial charge in [-0.25, -0.2) is 0 Å². The Hall–Kier alpha value is -1.00. The van der Waals surface area contributed by atoms with Gasteiger partial charge in [-0.1, -0.05) is 12.1 Å². The Labute approximate surface area is 107 Å². The molecule has 0 saturated carbocycles. The van der Waals surface area contributed by atoms with E-state index in [1.54, 1.807) is 0 Å². The molecule has 2 atom stereocenters. The van der Waals surface area contributed by atoms with Crippen LogP contribution in [0.15, 0.2) is 29.2 Å². The Balaban J connectivity index is 2.17. The smallest absolute Gasteiger partial charge is 0.255 e. The third kappa shape index (κ3) is 2.82. The molecule has 1 saturated heterocycles. The van der Waals surface area contributed by atoms with Gasteiger partial charge in [0.05, 0.1) is 17.8 Å². The van der Waals surface area contributed by atoms with E-state index in [1.165, 1.54) is 0 Å². The van der Waals surface area contributed by atoms with Crippen LogP contribution in [-0.4, -0.2) is 36.1 Å². The van der Waals surface area contributed by atoms with E-state index in [1.807, 2.05) is 43.0 Å². The van der Waals surface area contributed by atoms with Gasteiger partial charge in [-0.05, 0) is 26.0 Å². The number of benzene rings is 1. The minimum absolute atomic E-state index is 0.0394. The zero-order valence-electron chi connectivity index (χ0n) is 10.1. The number of carbonyl (C=O) groups excluding carboxylic acids is 1. The summed E-state index contributed by atoms with van der Waals surface area (Å²) in [6, 6.07) is 7.39. The summed E-state index contributed by atoms with van der Waals surface area (Å²) in [5.74, 6) is 0.0394. The number of carbonyl (C=O) groups is 1. The van der Waals surface area contributed by atoms with Gasteiger partial charge in [0.2, 0.25) is 0 Å². The van der Waals surface area contributed by atoms with Gasteiger partial charge >= 0.3 is 0 Å². The van der Waals surface area contributed by atoms with Crippen LogP contribution in [0, 0.1) is 0 Å². The van der Waals surface area contributed by atoms with Crippen molar-refractivity contribution in [3.8, 4) is 0 Å². The largest absolute Gasteiger partial charge is 0.372 e. The minimum Gasteiger partial charge on any atom is -0.372 e. The Morgan fingerprint density at radius 1 is 1.29 bits per heavy atom. The number of ether oxygens (including phenoxy) is 1. The van der Waals surface area contributed by atoms with E-state index >= 15 is 0 Å². The summed E-state index contributed by atoms with van der Waals surface area (Å²) >= 11 is 4.32. The van der Waals surface area contributed by atoms with E-state index in [0.717, 1.165) is 4.90 Å². The first-order valence-electron chi connectivity index (χ1n) is 5.80. The average Bonchev–Trinajstić information content (AvgIpc) is 2.27. The maximum Gasteiger partial charge on any atom is 0.255 e. The predicted molar refractivity (Wildman–Crippen MR) is 69.6 cm³/mol. The highest BCUT2D eigenvalue weighted by Gasteiger charge is 2.27. The minimum atomic E-state index is 0.0394. The molecule has 1 aromatic rings. The summed E-state index contributed by atoms with van der Waals surface area (Å²) in [4.78, 5) is 14.9. The lowest BCUT2D eigenvalue weighted by atomic mass is 10.1. The molecule has 0 aliphatic carbocycles. The van der Waals surface area contributed by atoms with Crippen LogP contribution in [-0.2, 0) is 4.74 Å². The Morgan fingerprint density at radius 3 is 2.47 bits per heavy atom. The van der Waals surface area contributed by atoms with Gasteiger partial charge < -0.3 is 9.64 Å². The monoisotopic (exact) mass is 251 g/mol. The van der Waals surface area contributed by atoms with Gasteiger partial charge in [-0.2, -0.15) is 0 Å². The topological polar surface area (TPSA) is 29.5 Å². The van der Waals surface area contributed by atoms with E-state index in [0.29, 0.717) is 18.7 Å². The quantitative estimate of drug-likeness (QED) is 0.776. The first-order chi connectivity index (χ1) is 8.08. The van der Waals surface area contributed by atoms with Gasteiger partial charge in [0.25, 0.3) is 5.91 Å². The molecule has 1 aliphatic heterocycles. The molecule has 3 nitrogen and oxygen atoms in total. The average molecular weight is 251 g/mol. The van der Waals surface area contributed by atoms with E-state index in [2.05, 4.69) is 12.6 Å². The van der Waals surface area contributed by atoms with Crippen molar-refractivity contribution in [2.75, 3.05) is 13.1 Å². The van der Waals surface area contributed by atoms with Crippen LogP contribution in [0.1, 0.15) is 24.2 Å². The highest BCUT2D eigenvalue weighted by atomic mass is 32.1. The molecule has 1 fully saturated rings. The summed E-state index contributed by atoms with van der Waals surface area (Å²) in [5.41, 5.74) is 0.664. The predicted octanol–water partition coefficient (Wildman–Crippen LogP) is 2.22. The molecule has 1 aliphatic rings. The van der Waals surface area contributed by atoms with Crippen molar-refractivity contribution in [3.63, 3.8) is 0 Å². The fraction of sp³-hybridized carbons (Fsp3) is 0.462. The van der Waals surface area contributed by atoms with Crippen molar-refractivity contribution in [3.05, 3.63) is 29.8 Å². The Morgan fingerprint density at radius 2 is 1.88 bits per heavy atom. The molecule has 0 N–H and O–H groups in total. The van der Waals surface area contributed by atoms with Crippen molar-refractivity contribution < 1.29 is 9.53 Å². The molecular formula is C13H17NO2S. The summed E-state index contributed by atoms with van der Waals surface area (Å²) in [6.07, 6.45) is 0.185. The van der Waals surface area contributed by atoms with Crippen LogP contribution < -0.4 is 0 Å². The molecule has 0 bridgehead atoms. The molecule has 4 heteroatoms. The molecule has 17 heavy (non-hydrogen) atoms. The van der Waals surface area contributed by atoms with Crippen LogP contribution in [0.3, 0.4) is 0 Å². The van der Waals surface area contributed by atoms with Gasteiger partial charge in [0.1, 0.15) is 0 Å². The molecule has 2 rings (SSSR count). The highest BCUT2D eigenvalue weighted by Crippen LogP contribution is 2.18. The standard InChI is InChI=1S/C13H17NO2S/c1-9-7-14(8-10(2)16-9)13(15)11-5-3-4-6-12(11)17/h3-6,9-10,17H,7-8H2,1-2H3. The third-order valence-electron chi connectivity index (χ3n) is 2.84. The number of nitrogens with zero attached hydrogens (tertiary/aromatic N) is 1. The van der Waals surface area contributed by atoms with Crippen molar-refractivity contribution in [2.24, 2.45) is 0 Å².